The molecule has 0 bridgehead atoms. The highest BCUT2D eigenvalue weighted by molar-refractivity contribution is 5.67. The molecule has 19 heavy (non-hydrogen) atoms. The van der Waals surface area contributed by atoms with Crippen LogP contribution in [0.3, 0.4) is 0 Å². The molecule has 6 heteroatoms. The zero-order valence-electron chi connectivity index (χ0n) is 9.55. The molecule has 0 atom stereocenters. The molecule has 0 heterocycles. The van der Waals surface area contributed by atoms with Gasteiger partial charge in [-0.05, 0) is 18.2 Å². The molecule has 0 aliphatic heterocycles. The fraction of sp³-hybridized carbons (Fsp3) is 0. The first kappa shape index (κ1) is 12.8. The first-order chi connectivity index (χ1) is 9.01. The van der Waals surface area contributed by atoms with E-state index >= 15 is 0 Å². The van der Waals surface area contributed by atoms with Gasteiger partial charge in [-0.25, -0.2) is 13.2 Å². The number of hydrogen-bond acceptors (Lipinski definition) is 3. The summed E-state index contributed by atoms with van der Waals surface area (Å²) < 4.78 is 38.8. The molecule has 0 aliphatic carbocycles. The number of nitrogens with two attached hydrogens (primary N) is 1. The molecule has 0 aliphatic rings. The summed E-state index contributed by atoms with van der Waals surface area (Å²) in [6.45, 7) is 0. The Morgan fingerprint density at radius 2 is 1.63 bits per heavy atom. The lowest BCUT2D eigenvalue weighted by Crippen LogP contribution is -1.97. The summed E-state index contributed by atoms with van der Waals surface area (Å²) in [7, 11) is 0. The van der Waals surface area contributed by atoms with E-state index in [0.717, 1.165) is 12.1 Å². The lowest BCUT2D eigenvalue weighted by molar-refractivity contribution is 0.448. The second kappa shape index (κ2) is 4.90. The lowest BCUT2D eigenvalue weighted by atomic mass is 10.1. The zero-order chi connectivity index (χ0) is 14.0. The van der Waals surface area contributed by atoms with E-state index in [0.29, 0.717) is 11.4 Å². The highest BCUT2D eigenvalue weighted by Crippen LogP contribution is 2.23. The fourth-order valence-electron chi connectivity index (χ4n) is 1.53. The third-order valence-electron chi connectivity index (χ3n) is 2.45. The van der Waals surface area contributed by atoms with E-state index in [1.165, 1.54) is 18.2 Å². The fourth-order valence-corrected chi connectivity index (χ4v) is 1.53. The van der Waals surface area contributed by atoms with Crippen molar-refractivity contribution < 1.29 is 13.2 Å². The number of nitriles is 1. The van der Waals surface area contributed by atoms with Crippen LogP contribution >= 0.6 is 0 Å². The van der Waals surface area contributed by atoms with Crippen molar-refractivity contribution in [1.29, 1.82) is 5.26 Å². The van der Waals surface area contributed by atoms with Crippen LogP contribution in [0.4, 0.5) is 30.2 Å². The van der Waals surface area contributed by atoms with E-state index in [-0.39, 0.29) is 11.3 Å². The normalized spacial score (nSPS) is 10.0. The van der Waals surface area contributed by atoms with Crippen LogP contribution in [0.25, 0.3) is 0 Å². The number of nitrogen functional groups attached to an aromatic ring is 1. The van der Waals surface area contributed by atoms with Gasteiger partial charge in [0.1, 0.15) is 6.07 Å². The van der Waals surface area contributed by atoms with Crippen molar-refractivity contribution in [3.63, 3.8) is 0 Å². The Morgan fingerprint density at radius 3 is 2.21 bits per heavy atom. The molecule has 0 fully saturated rings. The van der Waals surface area contributed by atoms with Crippen molar-refractivity contribution in [3.05, 3.63) is 53.3 Å². The SMILES string of the molecule is N#Cc1cc(Nc2cc(F)c(F)c(F)c2)ccc1N. The van der Waals surface area contributed by atoms with Crippen molar-refractivity contribution in [2.45, 2.75) is 0 Å². The maximum absolute atomic E-state index is 13.0. The monoisotopic (exact) mass is 263 g/mol. The average molecular weight is 263 g/mol. The second-order valence-corrected chi connectivity index (χ2v) is 3.79. The van der Waals surface area contributed by atoms with Gasteiger partial charge in [0.05, 0.1) is 5.56 Å². The van der Waals surface area contributed by atoms with Crippen molar-refractivity contribution in [1.82, 2.24) is 0 Å². The van der Waals surface area contributed by atoms with Gasteiger partial charge in [-0.2, -0.15) is 5.26 Å². The zero-order valence-corrected chi connectivity index (χ0v) is 9.55. The summed E-state index contributed by atoms with van der Waals surface area (Å²) >= 11 is 0. The van der Waals surface area contributed by atoms with Crippen LogP contribution in [-0.4, -0.2) is 0 Å². The number of rotatable bonds is 2. The smallest absolute Gasteiger partial charge is 0.194 e. The topological polar surface area (TPSA) is 61.8 Å². The van der Waals surface area contributed by atoms with Crippen LogP contribution in [0, 0.1) is 28.8 Å². The van der Waals surface area contributed by atoms with Gasteiger partial charge >= 0.3 is 0 Å². The van der Waals surface area contributed by atoms with Crippen molar-refractivity contribution in [2.24, 2.45) is 0 Å². The standard InChI is InChI=1S/C13H8F3N3/c14-10-4-9(5-11(15)13(10)16)19-8-1-2-12(18)7(3-8)6-17/h1-5,19H,18H2. The summed E-state index contributed by atoms with van der Waals surface area (Å²) in [4.78, 5) is 0. The van der Waals surface area contributed by atoms with E-state index < -0.39 is 17.5 Å². The number of nitrogens with one attached hydrogen (secondary N) is 1. The number of benzene rings is 2. The molecule has 2 aromatic carbocycles. The van der Waals surface area contributed by atoms with Crippen molar-refractivity contribution in [3.8, 4) is 6.07 Å². The predicted molar refractivity (Wildman–Crippen MR) is 65.2 cm³/mol. The molecule has 0 aromatic heterocycles. The molecular weight excluding hydrogens is 255 g/mol. The number of nitrogens with zero attached hydrogens (tertiary/aromatic N) is 1. The lowest BCUT2D eigenvalue weighted by Gasteiger charge is -2.08. The molecule has 0 saturated carbocycles. The highest BCUT2D eigenvalue weighted by atomic mass is 19.2. The largest absolute Gasteiger partial charge is 0.398 e. The maximum atomic E-state index is 13.0. The third-order valence-corrected chi connectivity index (χ3v) is 2.45. The Hall–Kier alpha value is -2.68. The minimum absolute atomic E-state index is 0.0325. The van der Waals surface area contributed by atoms with Crippen molar-refractivity contribution in [2.75, 3.05) is 11.1 Å². The molecule has 3 N–H and O–H groups in total. The Morgan fingerprint density at radius 1 is 1.00 bits per heavy atom. The summed E-state index contributed by atoms with van der Waals surface area (Å²) in [5.41, 5.74) is 6.51. The highest BCUT2D eigenvalue weighted by Gasteiger charge is 2.10. The average Bonchev–Trinajstić information content (AvgIpc) is 2.38. The van der Waals surface area contributed by atoms with E-state index in [9.17, 15) is 13.2 Å². The van der Waals surface area contributed by atoms with Gasteiger partial charge in [0.2, 0.25) is 0 Å². The molecule has 96 valence electrons. The Labute approximate surface area is 107 Å². The molecule has 0 saturated heterocycles. The third kappa shape index (κ3) is 2.60. The van der Waals surface area contributed by atoms with Crippen molar-refractivity contribution >= 4 is 17.1 Å². The summed E-state index contributed by atoms with van der Waals surface area (Å²) in [5, 5.41) is 11.5. The second-order valence-electron chi connectivity index (χ2n) is 3.79. The minimum Gasteiger partial charge on any atom is -0.398 e. The van der Waals surface area contributed by atoms with Gasteiger partial charge in [0, 0.05) is 29.2 Å². The molecule has 0 amide bonds. The quantitative estimate of drug-likeness (QED) is 0.645. The van der Waals surface area contributed by atoms with Gasteiger partial charge in [-0.1, -0.05) is 0 Å². The molecule has 0 unspecified atom stereocenters. The molecule has 2 rings (SSSR count). The van der Waals surface area contributed by atoms with Crippen LogP contribution in [0.1, 0.15) is 5.56 Å². The van der Waals surface area contributed by atoms with E-state index in [1.54, 1.807) is 0 Å². The first-order valence-electron chi connectivity index (χ1n) is 5.22. The van der Waals surface area contributed by atoms with Crippen LogP contribution in [0.15, 0.2) is 30.3 Å². The summed E-state index contributed by atoms with van der Waals surface area (Å²) in [6, 6.07) is 7.97. The summed E-state index contributed by atoms with van der Waals surface area (Å²) in [6.07, 6.45) is 0. The minimum atomic E-state index is -1.53. The number of anilines is 3. The predicted octanol–water partition coefficient (Wildman–Crippen LogP) is 3.30. The Balaban J connectivity index is 2.34. The first-order valence-corrected chi connectivity index (χ1v) is 5.22. The Kier molecular flexibility index (Phi) is 3.29. The van der Waals surface area contributed by atoms with Gasteiger partial charge in [-0.15, -0.1) is 0 Å². The van der Waals surface area contributed by atoms with E-state index in [4.69, 9.17) is 11.0 Å². The van der Waals surface area contributed by atoms with Gasteiger partial charge in [-0.3, -0.25) is 0 Å². The molecule has 0 spiro atoms. The van der Waals surface area contributed by atoms with Crippen LogP contribution in [0.5, 0.6) is 0 Å². The van der Waals surface area contributed by atoms with E-state index in [1.807, 2.05) is 6.07 Å². The van der Waals surface area contributed by atoms with E-state index in [2.05, 4.69) is 5.32 Å². The maximum Gasteiger partial charge on any atom is 0.194 e. The summed E-state index contributed by atoms with van der Waals surface area (Å²) in [5.74, 6) is -4.11. The van der Waals surface area contributed by atoms with Crippen LogP contribution < -0.4 is 11.1 Å². The molecule has 0 radical (unpaired) electrons. The molecule has 3 nitrogen and oxygen atoms in total. The van der Waals surface area contributed by atoms with Gasteiger partial charge in [0.15, 0.2) is 17.5 Å². The van der Waals surface area contributed by atoms with Crippen LogP contribution in [-0.2, 0) is 0 Å². The molecular formula is C13H8F3N3. The molecule has 2 aromatic rings. The van der Waals surface area contributed by atoms with Crippen LogP contribution in [0.2, 0.25) is 0 Å². The Bertz CT molecular complexity index is 654. The van der Waals surface area contributed by atoms with Gasteiger partial charge in [0.25, 0.3) is 0 Å². The number of halogens is 3. The number of hydrogen-bond donors (Lipinski definition) is 2. The van der Waals surface area contributed by atoms with Gasteiger partial charge < -0.3 is 11.1 Å².